The van der Waals surface area contributed by atoms with Crippen LogP contribution in [0, 0.1) is 0 Å². The van der Waals surface area contributed by atoms with E-state index in [0.29, 0.717) is 0 Å². The molecule has 0 aromatic carbocycles. The first kappa shape index (κ1) is 13.5. The molecule has 0 aliphatic heterocycles. The second kappa shape index (κ2) is 4.65. The van der Waals surface area contributed by atoms with Crippen molar-refractivity contribution in [3.05, 3.63) is 17.3 Å². The Kier molecular flexibility index (Phi) is 3.31. The van der Waals surface area contributed by atoms with E-state index >= 15 is 0 Å². The van der Waals surface area contributed by atoms with Crippen LogP contribution in [0.3, 0.4) is 0 Å². The molecule has 2 aromatic rings. The first-order chi connectivity index (χ1) is 8.79. The summed E-state index contributed by atoms with van der Waals surface area (Å²) in [5, 5.41) is 4.84. The van der Waals surface area contributed by atoms with Crippen molar-refractivity contribution in [1.82, 2.24) is 14.8 Å². The monoisotopic (exact) mass is 291 g/mol. The van der Waals surface area contributed by atoms with E-state index < -0.39 is 17.8 Å². The highest BCUT2D eigenvalue weighted by molar-refractivity contribution is 7.13. The SMILES string of the molecule is CC(=O)Oc1c(-c2nc(C(F)(F)F)cs2)cnn1C. The smallest absolute Gasteiger partial charge is 0.407 e. The zero-order valence-corrected chi connectivity index (χ0v) is 10.7. The molecule has 0 N–H and O–H groups in total. The van der Waals surface area contributed by atoms with Crippen molar-refractivity contribution in [3.63, 3.8) is 0 Å². The van der Waals surface area contributed by atoms with Crippen molar-refractivity contribution < 1.29 is 22.7 Å². The number of aryl methyl sites for hydroxylation is 1. The van der Waals surface area contributed by atoms with Gasteiger partial charge < -0.3 is 4.74 Å². The summed E-state index contributed by atoms with van der Waals surface area (Å²) in [5.74, 6) is -0.520. The third-order valence-electron chi connectivity index (χ3n) is 2.15. The molecule has 0 atom stereocenters. The van der Waals surface area contributed by atoms with Gasteiger partial charge in [0.15, 0.2) is 5.69 Å². The fraction of sp³-hybridized carbons (Fsp3) is 0.300. The third-order valence-corrected chi connectivity index (χ3v) is 3.03. The van der Waals surface area contributed by atoms with Gasteiger partial charge in [0.05, 0.1) is 11.8 Å². The summed E-state index contributed by atoms with van der Waals surface area (Å²) in [6, 6.07) is 0. The predicted octanol–water partition coefficient (Wildman–Crippen LogP) is 2.49. The minimum atomic E-state index is -4.50. The van der Waals surface area contributed by atoms with Crippen LogP contribution in [0.25, 0.3) is 10.6 Å². The van der Waals surface area contributed by atoms with E-state index in [1.54, 1.807) is 0 Å². The van der Waals surface area contributed by atoms with Gasteiger partial charge in [0.25, 0.3) is 0 Å². The van der Waals surface area contributed by atoms with Crippen molar-refractivity contribution in [2.45, 2.75) is 13.1 Å². The summed E-state index contributed by atoms with van der Waals surface area (Å²) in [6.45, 7) is 1.19. The maximum atomic E-state index is 12.5. The number of halogens is 3. The van der Waals surface area contributed by atoms with Crippen molar-refractivity contribution in [2.24, 2.45) is 7.05 Å². The third kappa shape index (κ3) is 2.75. The highest BCUT2D eigenvalue weighted by Gasteiger charge is 2.34. The van der Waals surface area contributed by atoms with Crippen LogP contribution in [0.2, 0.25) is 0 Å². The lowest BCUT2D eigenvalue weighted by molar-refractivity contribution is -0.140. The van der Waals surface area contributed by atoms with E-state index in [9.17, 15) is 18.0 Å². The lowest BCUT2D eigenvalue weighted by atomic mass is 10.3. The lowest BCUT2D eigenvalue weighted by Crippen LogP contribution is -2.07. The van der Waals surface area contributed by atoms with Crippen molar-refractivity contribution in [3.8, 4) is 16.5 Å². The number of aromatic nitrogens is 3. The number of ether oxygens (including phenoxy) is 1. The van der Waals surface area contributed by atoms with Gasteiger partial charge in [-0.05, 0) is 0 Å². The molecule has 0 saturated carbocycles. The van der Waals surface area contributed by atoms with Crippen molar-refractivity contribution in [2.75, 3.05) is 0 Å². The van der Waals surface area contributed by atoms with Crippen LogP contribution < -0.4 is 4.74 Å². The van der Waals surface area contributed by atoms with Gasteiger partial charge in [-0.3, -0.25) is 4.79 Å². The molecule has 0 unspecified atom stereocenters. The van der Waals surface area contributed by atoms with Crippen LogP contribution >= 0.6 is 11.3 Å². The Labute approximate surface area is 109 Å². The van der Waals surface area contributed by atoms with E-state index in [1.807, 2.05) is 0 Å². The van der Waals surface area contributed by atoms with Crippen molar-refractivity contribution >= 4 is 17.3 Å². The molecule has 19 heavy (non-hydrogen) atoms. The Hall–Kier alpha value is -1.90. The van der Waals surface area contributed by atoms with Gasteiger partial charge in [-0.25, -0.2) is 9.67 Å². The van der Waals surface area contributed by atoms with Gasteiger partial charge in [-0.1, -0.05) is 0 Å². The van der Waals surface area contributed by atoms with Crippen LogP contribution in [-0.2, 0) is 18.0 Å². The van der Waals surface area contributed by atoms with E-state index in [0.717, 1.165) is 16.7 Å². The topological polar surface area (TPSA) is 57.0 Å². The summed E-state index contributed by atoms with van der Waals surface area (Å²) in [5.41, 5.74) is -0.733. The van der Waals surface area contributed by atoms with Gasteiger partial charge in [0, 0.05) is 19.4 Å². The largest absolute Gasteiger partial charge is 0.434 e. The Bertz CT molecular complexity index is 618. The Morgan fingerprint density at radius 3 is 2.68 bits per heavy atom. The predicted molar refractivity (Wildman–Crippen MR) is 60.6 cm³/mol. The Morgan fingerprint density at radius 2 is 2.16 bits per heavy atom. The van der Waals surface area contributed by atoms with E-state index in [4.69, 9.17) is 4.74 Å². The fourth-order valence-electron chi connectivity index (χ4n) is 1.36. The second-order valence-electron chi connectivity index (χ2n) is 3.62. The first-order valence-corrected chi connectivity index (χ1v) is 5.90. The van der Waals surface area contributed by atoms with Gasteiger partial charge in [-0.15, -0.1) is 11.3 Å². The maximum Gasteiger partial charge on any atom is 0.434 e. The average molecular weight is 291 g/mol. The average Bonchev–Trinajstić information content (AvgIpc) is 2.85. The van der Waals surface area contributed by atoms with Gasteiger partial charge >= 0.3 is 12.1 Å². The molecule has 2 heterocycles. The number of carbonyl (C=O) groups excluding carboxylic acids is 1. The van der Waals surface area contributed by atoms with E-state index in [1.165, 1.54) is 24.9 Å². The zero-order chi connectivity index (χ0) is 14.2. The molecule has 0 aliphatic carbocycles. The molecule has 0 fully saturated rings. The number of thiazole rings is 1. The molecule has 2 aromatic heterocycles. The van der Waals surface area contributed by atoms with Crippen molar-refractivity contribution in [1.29, 1.82) is 0 Å². The summed E-state index contributed by atoms with van der Waals surface area (Å²) >= 11 is 0.808. The zero-order valence-electron chi connectivity index (χ0n) is 9.85. The summed E-state index contributed by atoms with van der Waals surface area (Å²) < 4.78 is 43.6. The molecule has 2 rings (SSSR count). The van der Waals surface area contributed by atoms with Gasteiger partial charge in [0.2, 0.25) is 5.88 Å². The van der Waals surface area contributed by atoms with Crippen LogP contribution in [0.15, 0.2) is 11.6 Å². The molecule has 102 valence electrons. The van der Waals surface area contributed by atoms with Gasteiger partial charge in [-0.2, -0.15) is 18.3 Å². The number of esters is 1. The molecule has 0 spiro atoms. The Balaban J connectivity index is 2.42. The summed E-state index contributed by atoms with van der Waals surface area (Å²) in [4.78, 5) is 14.4. The van der Waals surface area contributed by atoms with Crippen LogP contribution in [0.5, 0.6) is 5.88 Å². The summed E-state index contributed by atoms with van der Waals surface area (Å²) in [6.07, 6.45) is -3.20. The first-order valence-electron chi connectivity index (χ1n) is 5.02. The molecule has 5 nitrogen and oxygen atoms in total. The van der Waals surface area contributed by atoms with E-state index in [2.05, 4.69) is 10.1 Å². The molecule has 0 bridgehead atoms. The van der Waals surface area contributed by atoms with E-state index in [-0.39, 0.29) is 16.5 Å². The number of hydrogen-bond acceptors (Lipinski definition) is 5. The normalized spacial score (nSPS) is 11.6. The molecule has 0 amide bonds. The summed E-state index contributed by atoms with van der Waals surface area (Å²) in [7, 11) is 1.51. The van der Waals surface area contributed by atoms with Crippen LogP contribution in [0.1, 0.15) is 12.6 Å². The standard InChI is InChI=1S/C10H8F3N3O2S/c1-5(17)18-9-6(3-14-16(9)2)8-15-7(4-19-8)10(11,12)13/h3-4H,1-2H3. The van der Waals surface area contributed by atoms with Gasteiger partial charge in [0.1, 0.15) is 5.01 Å². The number of hydrogen-bond donors (Lipinski definition) is 0. The minimum Gasteiger partial charge on any atom is -0.407 e. The molecule has 0 saturated heterocycles. The highest BCUT2D eigenvalue weighted by Crippen LogP contribution is 2.36. The molecule has 0 radical (unpaired) electrons. The number of carbonyl (C=O) groups is 1. The molecular formula is C10H8F3N3O2S. The quantitative estimate of drug-likeness (QED) is 0.798. The molecule has 0 aliphatic rings. The minimum absolute atomic E-state index is 0.0653. The lowest BCUT2D eigenvalue weighted by Gasteiger charge is -2.03. The maximum absolute atomic E-state index is 12.5. The fourth-order valence-corrected chi connectivity index (χ4v) is 2.19. The highest BCUT2D eigenvalue weighted by atomic mass is 32.1. The number of alkyl halides is 3. The molecular weight excluding hydrogens is 283 g/mol. The number of rotatable bonds is 2. The Morgan fingerprint density at radius 1 is 1.47 bits per heavy atom. The van der Waals surface area contributed by atoms with Crippen LogP contribution in [0.4, 0.5) is 13.2 Å². The second-order valence-corrected chi connectivity index (χ2v) is 4.47. The number of nitrogens with zero attached hydrogens (tertiary/aromatic N) is 3. The van der Waals surface area contributed by atoms with Crippen LogP contribution in [-0.4, -0.2) is 20.7 Å². The molecule has 9 heteroatoms.